The summed E-state index contributed by atoms with van der Waals surface area (Å²) in [4.78, 5) is 63.5. The van der Waals surface area contributed by atoms with Crippen molar-refractivity contribution in [2.75, 3.05) is 58.4 Å². The molecule has 3 heterocycles. The van der Waals surface area contributed by atoms with Crippen LogP contribution in [0.25, 0.3) is 11.1 Å². The number of aliphatic hydroxyl groups is 6. The number of anilines is 2. The molecule has 2 fully saturated rings. The van der Waals surface area contributed by atoms with E-state index in [4.69, 9.17) is 38.3 Å². The van der Waals surface area contributed by atoms with Gasteiger partial charge in [0, 0.05) is 39.1 Å². The Morgan fingerprint density at radius 2 is 1.22 bits per heavy atom. The fourth-order valence-electron chi connectivity index (χ4n) is 7.85. The van der Waals surface area contributed by atoms with E-state index in [1.807, 2.05) is 41.3 Å². The minimum atomic E-state index is -1.73. The first-order valence-corrected chi connectivity index (χ1v) is 22.7. The number of nitrogens with zero attached hydrogens (tertiary/aromatic N) is 4. The van der Waals surface area contributed by atoms with Crippen LogP contribution in [0.3, 0.4) is 0 Å². The monoisotopic (exact) mass is 987 g/mol. The standard InChI is InChI=1S/C45H62ClN9O14/c1-66-43(64)37-35(61)33(59)31(57)27(68-37)16-20-55(21-17-28-32(58)34(60)36(62)38(69-28)44(65)67-2)22-19-50-29(56)15-10-24-8-13-26(14-9-24)25-11-6-23(7-12-25)5-3-4-18-51-45(49)54-42(63)30-40(47)53-41(48)39(46)52-30/h6-9,11-14,27-28,31-38,57-62H,3-5,10,15-22H2,1-2H3,(H,50,56)(H4,47,48,53)(H3,49,51,54,63)/t27-,28-,31+,32+,33-,34-,35+,36+,37+,38+/m1/s1. The van der Waals surface area contributed by atoms with Crippen molar-refractivity contribution in [3.63, 3.8) is 0 Å². The molecule has 378 valence electrons. The molecule has 1 aromatic heterocycles. The number of esters is 2. The van der Waals surface area contributed by atoms with Gasteiger partial charge in [0.25, 0.3) is 5.91 Å². The molecule has 3 aromatic rings. The van der Waals surface area contributed by atoms with Crippen LogP contribution >= 0.6 is 11.6 Å². The summed E-state index contributed by atoms with van der Waals surface area (Å²) in [6.07, 6.45) is -12.1. The van der Waals surface area contributed by atoms with Gasteiger partial charge >= 0.3 is 11.9 Å². The highest BCUT2D eigenvalue weighted by atomic mass is 35.5. The zero-order valence-corrected chi connectivity index (χ0v) is 39.0. The molecule has 0 spiro atoms. The number of amides is 2. The number of aromatic nitrogens is 2. The van der Waals surface area contributed by atoms with E-state index < -0.39 is 78.9 Å². The quantitative estimate of drug-likeness (QED) is 0.0243. The van der Waals surface area contributed by atoms with E-state index in [1.54, 1.807) is 0 Å². The third-order valence-corrected chi connectivity index (χ3v) is 12.2. The Bertz CT molecular complexity index is 2170. The number of guanidine groups is 1. The second-order valence-corrected chi connectivity index (χ2v) is 17.0. The molecule has 5 rings (SSSR count). The Morgan fingerprint density at radius 3 is 1.72 bits per heavy atom. The Morgan fingerprint density at radius 1 is 0.710 bits per heavy atom. The molecule has 23 nitrogen and oxygen atoms in total. The minimum Gasteiger partial charge on any atom is -0.467 e. The van der Waals surface area contributed by atoms with E-state index in [9.17, 15) is 49.8 Å². The molecule has 24 heteroatoms. The van der Waals surface area contributed by atoms with Crippen molar-refractivity contribution in [2.45, 2.75) is 106 Å². The topological polar surface area (TPSA) is 370 Å². The van der Waals surface area contributed by atoms with Gasteiger partial charge in [-0.05, 0) is 60.8 Å². The smallest absolute Gasteiger partial charge is 0.337 e. The summed E-state index contributed by atoms with van der Waals surface area (Å²) in [5.41, 5.74) is 21.0. The van der Waals surface area contributed by atoms with Gasteiger partial charge in [0.05, 0.1) is 26.4 Å². The summed E-state index contributed by atoms with van der Waals surface area (Å²) in [6.45, 7) is 1.11. The van der Waals surface area contributed by atoms with Crippen LogP contribution in [-0.4, -0.2) is 183 Å². The van der Waals surface area contributed by atoms with Crippen LogP contribution in [0.4, 0.5) is 11.6 Å². The van der Waals surface area contributed by atoms with Crippen molar-refractivity contribution in [1.29, 1.82) is 0 Å². The summed E-state index contributed by atoms with van der Waals surface area (Å²) in [7, 11) is 2.18. The molecule has 0 unspecified atom stereocenters. The predicted molar refractivity (Wildman–Crippen MR) is 249 cm³/mol. The summed E-state index contributed by atoms with van der Waals surface area (Å²) in [6, 6.07) is 16.1. The molecule has 0 radical (unpaired) electrons. The highest BCUT2D eigenvalue weighted by molar-refractivity contribution is 6.31. The molecule has 2 saturated heterocycles. The SMILES string of the molecule is COC(=O)[C@H]1O[C@H](CCN(CCNC(=O)CCc2ccc(-c3ccc(CCCCN=C(N)NC(=O)c4nc(Cl)c(N)nc4N)cc3)cc2)CC[C@H]2O[C@H](C(=O)OC)[C@@H](O)[C@H](O)[C@H]2O)[C@H](O)[C@@H](O)[C@@H]1O. The van der Waals surface area contributed by atoms with Crippen LogP contribution in [0, 0.1) is 0 Å². The number of aliphatic hydroxyl groups excluding tert-OH is 6. The van der Waals surface area contributed by atoms with Gasteiger partial charge in [-0.3, -0.25) is 19.9 Å². The van der Waals surface area contributed by atoms with Crippen molar-refractivity contribution in [3.05, 3.63) is 70.5 Å². The number of ether oxygens (including phenoxy) is 4. The number of aryl methyl sites for hydroxylation is 2. The number of carbonyl (C=O) groups is 4. The largest absolute Gasteiger partial charge is 0.467 e. The van der Waals surface area contributed by atoms with Crippen LogP contribution in [0.5, 0.6) is 0 Å². The Labute approximate surface area is 403 Å². The lowest BCUT2D eigenvalue weighted by Gasteiger charge is -2.41. The number of nitrogens with two attached hydrogens (primary N) is 3. The number of halogens is 1. The van der Waals surface area contributed by atoms with E-state index in [2.05, 4.69) is 47.2 Å². The lowest BCUT2D eigenvalue weighted by Crippen LogP contribution is -2.60. The minimum absolute atomic E-state index is 0.0443. The van der Waals surface area contributed by atoms with Gasteiger partial charge in [-0.1, -0.05) is 60.1 Å². The molecule has 2 aromatic carbocycles. The predicted octanol–water partition coefficient (Wildman–Crippen LogP) is -1.79. The normalized spacial score (nSPS) is 24.9. The highest BCUT2D eigenvalue weighted by Gasteiger charge is 2.48. The van der Waals surface area contributed by atoms with Crippen molar-refractivity contribution < 1.29 is 68.8 Å². The molecular weight excluding hydrogens is 926 g/mol. The first-order chi connectivity index (χ1) is 32.9. The molecule has 10 atom stereocenters. The van der Waals surface area contributed by atoms with Gasteiger partial charge in [0.15, 0.2) is 40.7 Å². The number of hydrogen-bond donors (Lipinski definition) is 11. The third kappa shape index (κ3) is 14.9. The van der Waals surface area contributed by atoms with Crippen LogP contribution in [-0.2, 0) is 46.2 Å². The Kier molecular flexibility index (Phi) is 20.4. The number of aliphatic imine (C=N–C) groups is 1. The van der Waals surface area contributed by atoms with Crippen LogP contribution < -0.4 is 27.8 Å². The van der Waals surface area contributed by atoms with Crippen LogP contribution in [0.2, 0.25) is 5.15 Å². The Balaban J connectivity index is 1.07. The number of unbranched alkanes of at least 4 members (excludes halogenated alkanes) is 1. The van der Waals surface area contributed by atoms with Crippen molar-refractivity contribution in [3.8, 4) is 11.1 Å². The third-order valence-electron chi connectivity index (χ3n) is 11.9. The molecule has 0 saturated carbocycles. The number of nitrogens with one attached hydrogen (secondary N) is 2. The van der Waals surface area contributed by atoms with Gasteiger partial charge in [-0.15, -0.1) is 0 Å². The second-order valence-electron chi connectivity index (χ2n) is 16.7. The second kappa shape index (κ2) is 25.8. The van der Waals surface area contributed by atoms with Gasteiger partial charge in [0.2, 0.25) is 5.91 Å². The average molecular weight is 988 g/mol. The highest BCUT2D eigenvalue weighted by Crippen LogP contribution is 2.27. The van der Waals surface area contributed by atoms with Crippen LogP contribution in [0.15, 0.2) is 53.5 Å². The van der Waals surface area contributed by atoms with Crippen molar-refractivity contribution in [2.24, 2.45) is 10.7 Å². The van der Waals surface area contributed by atoms with Gasteiger partial charge in [0.1, 0.15) is 36.6 Å². The molecule has 2 aliphatic rings. The van der Waals surface area contributed by atoms with Gasteiger partial charge < -0.3 is 77.0 Å². The summed E-state index contributed by atoms with van der Waals surface area (Å²) >= 11 is 5.84. The van der Waals surface area contributed by atoms with E-state index in [0.29, 0.717) is 13.0 Å². The fourth-order valence-corrected chi connectivity index (χ4v) is 7.97. The molecule has 69 heavy (non-hydrogen) atoms. The zero-order valence-electron chi connectivity index (χ0n) is 38.2. The molecule has 0 aliphatic carbocycles. The summed E-state index contributed by atoms with van der Waals surface area (Å²) in [5, 5.41) is 68.0. The average Bonchev–Trinajstić information content (AvgIpc) is 3.34. The number of hydrogen-bond acceptors (Lipinski definition) is 20. The first kappa shape index (κ1) is 54.3. The summed E-state index contributed by atoms with van der Waals surface area (Å²) < 4.78 is 20.6. The number of methoxy groups -OCH3 is 2. The van der Waals surface area contributed by atoms with Crippen molar-refractivity contribution in [1.82, 2.24) is 25.5 Å². The van der Waals surface area contributed by atoms with Crippen molar-refractivity contribution >= 4 is 52.9 Å². The molecule has 14 N–H and O–H groups in total. The molecule has 2 amide bonds. The number of benzene rings is 2. The number of carbonyl (C=O) groups excluding carboxylic acids is 4. The maximum Gasteiger partial charge on any atom is 0.337 e. The summed E-state index contributed by atoms with van der Waals surface area (Å²) in [5.74, 6) is -3.16. The van der Waals surface area contributed by atoms with E-state index in [-0.39, 0.29) is 79.8 Å². The maximum absolute atomic E-state index is 13.0. The lowest BCUT2D eigenvalue weighted by molar-refractivity contribution is -0.231. The first-order valence-electron chi connectivity index (χ1n) is 22.3. The van der Waals surface area contributed by atoms with Gasteiger partial charge in [-0.2, -0.15) is 0 Å². The maximum atomic E-state index is 13.0. The lowest BCUT2D eigenvalue weighted by atomic mass is 9.92. The van der Waals surface area contributed by atoms with E-state index in [0.717, 1.165) is 55.7 Å². The van der Waals surface area contributed by atoms with Crippen LogP contribution in [0.1, 0.15) is 53.7 Å². The van der Waals surface area contributed by atoms with E-state index in [1.165, 1.54) is 0 Å². The fraction of sp³-hybridized carbons (Fsp3) is 0.533. The van der Waals surface area contributed by atoms with E-state index >= 15 is 0 Å². The molecule has 2 aliphatic heterocycles. The molecular formula is C45H62ClN9O14. The van der Waals surface area contributed by atoms with Gasteiger partial charge in [-0.25, -0.2) is 19.6 Å². The molecule has 0 bridgehead atoms. The number of rotatable bonds is 21. The Hall–Kier alpha value is -5.60. The number of nitrogen functional groups attached to an aromatic ring is 2. The zero-order chi connectivity index (χ0) is 50.4.